The fraction of sp³-hybridized carbons (Fsp3) is 0.846. The number of hydrogen-bond acceptors (Lipinski definition) is 3. The molecule has 1 heterocycles. The van der Waals surface area contributed by atoms with Crippen LogP contribution in [0.25, 0.3) is 0 Å². The zero-order valence-electron chi connectivity index (χ0n) is 28.3. The van der Waals surface area contributed by atoms with E-state index in [4.69, 9.17) is 0 Å². The molecule has 5 heteroatoms. The number of nitrogens with one attached hydrogen (secondary N) is 1. The molecule has 0 aromatic carbocycles. The van der Waals surface area contributed by atoms with E-state index in [0.717, 1.165) is 75.4 Å². The van der Waals surface area contributed by atoms with Crippen molar-refractivity contribution in [3.05, 3.63) is 23.3 Å². The van der Waals surface area contributed by atoms with Crippen LogP contribution < -0.4 is 5.32 Å². The van der Waals surface area contributed by atoms with Crippen molar-refractivity contribution in [1.29, 1.82) is 0 Å². The first-order chi connectivity index (χ1) is 21.0. The Morgan fingerprint density at radius 1 is 0.932 bits per heavy atom. The summed E-state index contributed by atoms with van der Waals surface area (Å²) in [4.78, 5) is 25.8. The maximum absolute atomic E-state index is 12.1. The van der Waals surface area contributed by atoms with E-state index < -0.39 is 5.97 Å². The number of hydrogen-bond donors (Lipinski definition) is 2. The fourth-order valence-electron chi connectivity index (χ4n) is 13.4. The van der Waals surface area contributed by atoms with Crippen LogP contribution in [-0.4, -0.2) is 47.1 Å². The van der Waals surface area contributed by atoms with Gasteiger partial charge >= 0.3 is 5.97 Å². The lowest BCUT2D eigenvalue weighted by Crippen LogP contribution is -2.67. The largest absolute Gasteiger partial charge is 0.481 e. The number of likely N-dealkylation sites (tertiary alicyclic amines) is 1. The SMILES string of the molecule is CC1C(C2=CCC(C(=O)O)CC2)=CCC2(C)C1CCC1(C)C2CCC2C3CCCC3(NCCCN3CCCC3=O)CC[C@]21C. The van der Waals surface area contributed by atoms with Gasteiger partial charge in [0.1, 0.15) is 0 Å². The molecular formula is C39H60N2O3. The summed E-state index contributed by atoms with van der Waals surface area (Å²) in [6.07, 6.45) is 23.8. The zero-order valence-corrected chi connectivity index (χ0v) is 28.3. The third-order valence-electron chi connectivity index (χ3n) is 15.9. The van der Waals surface area contributed by atoms with E-state index in [-0.39, 0.29) is 5.92 Å². The van der Waals surface area contributed by atoms with Crippen LogP contribution in [0.5, 0.6) is 0 Å². The van der Waals surface area contributed by atoms with Crippen molar-refractivity contribution in [3.8, 4) is 0 Å². The first-order valence-electron chi connectivity index (χ1n) is 18.7. The van der Waals surface area contributed by atoms with E-state index in [0.29, 0.717) is 40.0 Å². The molecule has 0 aromatic heterocycles. The predicted octanol–water partition coefficient (Wildman–Crippen LogP) is 8.15. The van der Waals surface area contributed by atoms with E-state index in [1.165, 1.54) is 69.8 Å². The summed E-state index contributed by atoms with van der Waals surface area (Å²) in [6.45, 7) is 13.6. The second-order valence-electron chi connectivity index (χ2n) is 17.3. The smallest absolute Gasteiger partial charge is 0.306 e. The molecule has 1 saturated heterocycles. The second kappa shape index (κ2) is 11.3. The maximum Gasteiger partial charge on any atom is 0.306 e. The highest BCUT2D eigenvalue weighted by Gasteiger charge is 2.68. The van der Waals surface area contributed by atoms with Gasteiger partial charge in [-0.25, -0.2) is 0 Å². The molecule has 1 amide bonds. The number of aliphatic carboxylic acids is 1. The topological polar surface area (TPSA) is 69.6 Å². The number of amides is 1. The Balaban J connectivity index is 1.07. The number of carbonyl (C=O) groups is 2. The van der Waals surface area contributed by atoms with Crippen LogP contribution in [0.1, 0.15) is 130 Å². The number of nitrogens with zero attached hydrogens (tertiary/aromatic N) is 1. The Morgan fingerprint density at radius 3 is 2.50 bits per heavy atom. The van der Waals surface area contributed by atoms with Crippen molar-refractivity contribution in [3.63, 3.8) is 0 Å². The molecule has 0 aromatic rings. The highest BCUT2D eigenvalue weighted by molar-refractivity contribution is 5.78. The summed E-state index contributed by atoms with van der Waals surface area (Å²) in [7, 11) is 0. The number of carboxylic acids is 1. The lowest BCUT2D eigenvalue weighted by Gasteiger charge is -2.71. The van der Waals surface area contributed by atoms with E-state index in [9.17, 15) is 14.7 Å². The first kappa shape index (κ1) is 31.0. The number of carboxylic acid groups (broad SMARTS) is 1. The Kier molecular flexibility index (Phi) is 7.94. The molecule has 4 saturated carbocycles. The Labute approximate surface area is 267 Å². The summed E-state index contributed by atoms with van der Waals surface area (Å²) >= 11 is 0. The molecule has 9 unspecified atom stereocenters. The molecule has 1 aliphatic heterocycles. The summed E-state index contributed by atoms with van der Waals surface area (Å²) in [5.74, 6) is 3.27. The number of allylic oxidation sites excluding steroid dienone is 4. The molecule has 0 spiro atoms. The van der Waals surface area contributed by atoms with E-state index in [1.54, 1.807) is 5.57 Å². The van der Waals surface area contributed by atoms with Crippen LogP contribution in [0.2, 0.25) is 0 Å². The highest BCUT2D eigenvalue weighted by Crippen LogP contribution is 2.75. The molecule has 5 fully saturated rings. The van der Waals surface area contributed by atoms with Gasteiger partial charge in [0.15, 0.2) is 0 Å². The lowest BCUT2D eigenvalue weighted by atomic mass is 9.34. The molecule has 7 rings (SSSR count). The summed E-state index contributed by atoms with van der Waals surface area (Å²) in [6, 6.07) is 0. The quantitative estimate of drug-likeness (QED) is 0.288. The highest BCUT2D eigenvalue weighted by atomic mass is 16.4. The Morgan fingerprint density at radius 2 is 1.77 bits per heavy atom. The van der Waals surface area contributed by atoms with Gasteiger partial charge in [-0.05, 0) is 153 Å². The third-order valence-corrected chi connectivity index (χ3v) is 15.9. The molecule has 244 valence electrons. The summed E-state index contributed by atoms with van der Waals surface area (Å²) in [5, 5.41) is 13.7. The first-order valence-corrected chi connectivity index (χ1v) is 18.7. The van der Waals surface area contributed by atoms with E-state index >= 15 is 0 Å². The van der Waals surface area contributed by atoms with Crippen LogP contribution in [-0.2, 0) is 9.59 Å². The van der Waals surface area contributed by atoms with Gasteiger partial charge in [0, 0.05) is 25.0 Å². The number of carbonyl (C=O) groups excluding carboxylic acids is 1. The molecule has 0 radical (unpaired) electrons. The van der Waals surface area contributed by atoms with Crippen LogP contribution in [0, 0.1) is 51.8 Å². The van der Waals surface area contributed by atoms with Gasteiger partial charge in [0.2, 0.25) is 5.91 Å². The minimum absolute atomic E-state index is 0.195. The monoisotopic (exact) mass is 604 g/mol. The standard InChI is InChI=1S/C39H60N2O3/c1-26-29(27-10-12-28(13-11-27)35(43)44)16-19-36(2)30(26)17-20-38(4)33(36)15-14-31-32-8-5-18-39(32,22-21-37(31,38)3)40-23-7-25-41-24-6-9-34(41)42/h10,16,26,28,30-33,40H,5-9,11-15,17-25H2,1-4H3,(H,43,44)/t26?,28?,30?,31?,32?,33?,36?,37-,38?,39?/m1/s1. The van der Waals surface area contributed by atoms with Crippen LogP contribution >= 0.6 is 0 Å². The second-order valence-corrected chi connectivity index (χ2v) is 17.3. The van der Waals surface area contributed by atoms with Gasteiger partial charge in [-0.3, -0.25) is 9.59 Å². The average molecular weight is 605 g/mol. The van der Waals surface area contributed by atoms with Gasteiger partial charge in [-0.15, -0.1) is 0 Å². The molecule has 2 N–H and O–H groups in total. The number of fused-ring (bicyclic) bond motifs is 7. The van der Waals surface area contributed by atoms with Crippen molar-refractivity contribution in [2.24, 2.45) is 51.8 Å². The summed E-state index contributed by atoms with van der Waals surface area (Å²) in [5.41, 5.74) is 4.53. The zero-order chi connectivity index (χ0) is 30.9. The van der Waals surface area contributed by atoms with Crippen LogP contribution in [0.4, 0.5) is 0 Å². The van der Waals surface area contributed by atoms with Crippen LogP contribution in [0.15, 0.2) is 23.3 Å². The van der Waals surface area contributed by atoms with Gasteiger partial charge in [-0.2, -0.15) is 0 Å². The van der Waals surface area contributed by atoms with Gasteiger partial charge in [0.05, 0.1) is 5.92 Å². The third kappa shape index (κ3) is 4.62. The van der Waals surface area contributed by atoms with Crippen molar-refractivity contribution in [1.82, 2.24) is 10.2 Å². The van der Waals surface area contributed by atoms with Crippen molar-refractivity contribution in [2.45, 2.75) is 136 Å². The minimum Gasteiger partial charge on any atom is -0.481 e. The predicted molar refractivity (Wildman–Crippen MR) is 176 cm³/mol. The fourth-order valence-corrected chi connectivity index (χ4v) is 13.4. The Hall–Kier alpha value is -1.62. The number of rotatable bonds is 7. The molecular weight excluding hydrogens is 544 g/mol. The molecule has 7 aliphatic rings. The molecule has 0 bridgehead atoms. The minimum atomic E-state index is -0.627. The van der Waals surface area contributed by atoms with Crippen molar-refractivity contribution >= 4 is 11.9 Å². The molecule has 44 heavy (non-hydrogen) atoms. The van der Waals surface area contributed by atoms with Crippen LogP contribution in [0.3, 0.4) is 0 Å². The normalized spacial score (nSPS) is 46.8. The van der Waals surface area contributed by atoms with Crippen molar-refractivity contribution in [2.75, 3.05) is 19.6 Å². The van der Waals surface area contributed by atoms with Crippen molar-refractivity contribution < 1.29 is 14.7 Å². The van der Waals surface area contributed by atoms with E-state index in [1.807, 2.05) is 0 Å². The van der Waals surface area contributed by atoms with E-state index in [2.05, 4.69) is 50.1 Å². The van der Waals surface area contributed by atoms with Gasteiger partial charge in [-0.1, -0.05) is 46.3 Å². The lowest BCUT2D eigenvalue weighted by molar-refractivity contribution is -0.212. The molecule has 5 nitrogen and oxygen atoms in total. The maximum atomic E-state index is 12.1. The molecule has 6 aliphatic carbocycles. The van der Waals surface area contributed by atoms with Gasteiger partial charge < -0.3 is 15.3 Å². The summed E-state index contributed by atoms with van der Waals surface area (Å²) < 4.78 is 0. The average Bonchev–Trinajstić information content (AvgIpc) is 3.62. The van der Waals surface area contributed by atoms with Gasteiger partial charge in [0.25, 0.3) is 0 Å². The molecule has 10 atom stereocenters. The Bertz CT molecular complexity index is 1220.